The van der Waals surface area contributed by atoms with E-state index in [2.05, 4.69) is 22.1 Å². The number of aromatic nitrogens is 1. The summed E-state index contributed by atoms with van der Waals surface area (Å²) in [6, 6.07) is 21.5. The van der Waals surface area contributed by atoms with Gasteiger partial charge in [0.1, 0.15) is 12.3 Å². The van der Waals surface area contributed by atoms with E-state index in [1.165, 1.54) is 0 Å². The molecule has 3 amide bonds. The summed E-state index contributed by atoms with van der Waals surface area (Å²) < 4.78 is 7.63. The Balaban J connectivity index is 1.34. The number of nitrogens with one attached hydrogen (secondary N) is 1. The summed E-state index contributed by atoms with van der Waals surface area (Å²) in [5.74, 6) is 0.718. The van der Waals surface area contributed by atoms with Gasteiger partial charge in [-0.2, -0.15) is 0 Å². The SMILES string of the molecule is COc1cccc(C2c3cccn3CCN2C(=O)CN(C(=O)NCc2ccccc2)C2CC2)c1. The molecule has 0 saturated heterocycles. The largest absolute Gasteiger partial charge is 0.497 e. The van der Waals surface area contributed by atoms with Crippen molar-refractivity contribution < 1.29 is 14.3 Å². The topological polar surface area (TPSA) is 66.8 Å². The first-order valence-electron chi connectivity index (χ1n) is 11.8. The normalized spacial score (nSPS) is 17.1. The standard InChI is InChI=1S/C27H30N4O3/c1-34-23-10-5-9-21(17-23)26-24-11-6-14-29(24)15-16-30(26)25(32)19-31(22-12-13-22)27(33)28-18-20-7-3-2-4-8-20/h2-11,14,17,22,26H,12-13,15-16,18-19H2,1H3,(H,28,33). The van der Waals surface area contributed by atoms with Gasteiger partial charge in [0.2, 0.25) is 5.91 Å². The summed E-state index contributed by atoms with van der Waals surface area (Å²) in [5, 5.41) is 2.99. The van der Waals surface area contributed by atoms with Gasteiger partial charge in [-0.15, -0.1) is 0 Å². The molecule has 1 aliphatic heterocycles. The number of rotatable bonds is 7. The zero-order valence-corrected chi connectivity index (χ0v) is 19.4. The van der Waals surface area contributed by atoms with Crippen LogP contribution in [0.3, 0.4) is 0 Å². The lowest BCUT2D eigenvalue weighted by Gasteiger charge is -2.38. The lowest BCUT2D eigenvalue weighted by molar-refractivity contribution is -0.134. The summed E-state index contributed by atoms with van der Waals surface area (Å²) in [6.07, 6.45) is 3.93. The summed E-state index contributed by atoms with van der Waals surface area (Å²) in [5.41, 5.74) is 3.10. The van der Waals surface area contributed by atoms with Crippen molar-refractivity contribution in [1.82, 2.24) is 19.7 Å². The number of fused-ring (bicyclic) bond motifs is 1. The zero-order valence-electron chi connectivity index (χ0n) is 19.4. The van der Waals surface area contributed by atoms with Crippen LogP contribution in [0.2, 0.25) is 0 Å². The summed E-state index contributed by atoms with van der Waals surface area (Å²) in [4.78, 5) is 30.3. The molecule has 7 heteroatoms. The van der Waals surface area contributed by atoms with Gasteiger partial charge >= 0.3 is 6.03 Å². The van der Waals surface area contributed by atoms with Crippen LogP contribution < -0.4 is 10.1 Å². The van der Waals surface area contributed by atoms with Crippen molar-refractivity contribution in [2.45, 2.75) is 38.0 Å². The van der Waals surface area contributed by atoms with E-state index in [0.717, 1.165) is 42.0 Å². The minimum atomic E-state index is -0.222. The van der Waals surface area contributed by atoms with E-state index in [1.54, 1.807) is 12.0 Å². The number of hydrogen-bond donors (Lipinski definition) is 1. The number of benzene rings is 2. The van der Waals surface area contributed by atoms with Gasteiger partial charge in [-0.3, -0.25) is 4.79 Å². The highest BCUT2D eigenvalue weighted by Gasteiger charge is 2.38. The Labute approximate surface area is 199 Å². The molecule has 1 aromatic heterocycles. The second-order valence-corrected chi connectivity index (χ2v) is 8.90. The number of hydrogen-bond acceptors (Lipinski definition) is 3. The fraction of sp³-hybridized carbons (Fsp3) is 0.333. The zero-order chi connectivity index (χ0) is 23.5. The first kappa shape index (κ1) is 22.1. The third-order valence-corrected chi connectivity index (χ3v) is 6.61. The lowest BCUT2D eigenvalue weighted by Crippen LogP contribution is -2.50. The van der Waals surface area contributed by atoms with Crippen LogP contribution in [-0.2, 0) is 17.9 Å². The highest BCUT2D eigenvalue weighted by atomic mass is 16.5. The number of ether oxygens (including phenoxy) is 1. The van der Waals surface area contributed by atoms with E-state index in [1.807, 2.05) is 65.6 Å². The number of urea groups is 1. The monoisotopic (exact) mass is 458 g/mol. The Morgan fingerprint density at radius 3 is 2.62 bits per heavy atom. The molecule has 7 nitrogen and oxygen atoms in total. The molecule has 3 aromatic rings. The predicted octanol–water partition coefficient (Wildman–Crippen LogP) is 3.80. The molecule has 1 fully saturated rings. The molecule has 1 saturated carbocycles. The van der Waals surface area contributed by atoms with Crippen LogP contribution in [0.5, 0.6) is 5.75 Å². The van der Waals surface area contributed by atoms with Crippen molar-refractivity contribution in [1.29, 1.82) is 0 Å². The first-order chi connectivity index (χ1) is 16.6. The van der Waals surface area contributed by atoms with Crippen molar-refractivity contribution >= 4 is 11.9 Å². The smallest absolute Gasteiger partial charge is 0.318 e. The van der Waals surface area contributed by atoms with Gasteiger partial charge in [-0.1, -0.05) is 42.5 Å². The molecule has 5 rings (SSSR count). The van der Waals surface area contributed by atoms with Crippen LogP contribution in [-0.4, -0.2) is 52.5 Å². The van der Waals surface area contributed by atoms with Crippen LogP contribution in [0, 0.1) is 0 Å². The van der Waals surface area contributed by atoms with Crippen molar-refractivity contribution in [3.8, 4) is 5.75 Å². The first-order valence-corrected chi connectivity index (χ1v) is 11.8. The second kappa shape index (κ2) is 9.63. The Morgan fingerprint density at radius 1 is 1.03 bits per heavy atom. The Kier molecular flexibility index (Phi) is 6.25. The molecule has 176 valence electrons. The Bertz CT molecular complexity index is 1160. The Morgan fingerprint density at radius 2 is 1.85 bits per heavy atom. The van der Waals surface area contributed by atoms with Crippen molar-refractivity contribution in [3.63, 3.8) is 0 Å². The van der Waals surface area contributed by atoms with Gasteiger partial charge in [0.05, 0.1) is 13.2 Å². The maximum Gasteiger partial charge on any atom is 0.318 e. The van der Waals surface area contributed by atoms with Crippen LogP contribution in [0.25, 0.3) is 0 Å². The van der Waals surface area contributed by atoms with Gasteiger partial charge in [0, 0.05) is 37.6 Å². The predicted molar refractivity (Wildman–Crippen MR) is 129 cm³/mol. The van der Waals surface area contributed by atoms with Gasteiger partial charge in [0.25, 0.3) is 0 Å². The second-order valence-electron chi connectivity index (χ2n) is 8.90. The summed E-state index contributed by atoms with van der Waals surface area (Å²) >= 11 is 0. The van der Waals surface area contributed by atoms with Gasteiger partial charge in [-0.05, 0) is 48.2 Å². The van der Waals surface area contributed by atoms with Gasteiger partial charge < -0.3 is 24.4 Å². The average molecular weight is 459 g/mol. The van der Waals surface area contributed by atoms with Crippen LogP contribution >= 0.6 is 0 Å². The van der Waals surface area contributed by atoms with Crippen LogP contribution in [0.15, 0.2) is 72.9 Å². The molecule has 0 spiro atoms. The van der Waals surface area contributed by atoms with Crippen molar-refractivity contribution in [3.05, 3.63) is 89.7 Å². The maximum absolute atomic E-state index is 13.7. The van der Waals surface area contributed by atoms with Crippen LogP contribution in [0.4, 0.5) is 4.79 Å². The van der Waals surface area contributed by atoms with E-state index in [-0.39, 0.29) is 30.6 Å². The Hall–Kier alpha value is -3.74. The molecule has 2 aromatic carbocycles. The fourth-order valence-corrected chi connectivity index (χ4v) is 4.68. The minimum absolute atomic E-state index is 0.0398. The number of nitrogens with zero attached hydrogens (tertiary/aromatic N) is 3. The molecule has 0 bridgehead atoms. The van der Waals surface area contributed by atoms with E-state index < -0.39 is 0 Å². The minimum Gasteiger partial charge on any atom is -0.497 e. The van der Waals surface area contributed by atoms with E-state index in [9.17, 15) is 9.59 Å². The molecule has 2 aliphatic rings. The molecule has 1 unspecified atom stereocenters. The number of carbonyl (C=O) groups excluding carboxylic acids is 2. The molecule has 1 aliphatic carbocycles. The molecule has 34 heavy (non-hydrogen) atoms. The number of amides is 3. The average Bonchev–Trinajstić information content (AvgIpc) is 3.61. The van der Waals surface area contributed by atoms with Crippen molar-refractivity contribution in [2.24, 2.45) is 0 Å². The molecule has 0 radical (unpaired) electrons. The van der Waals surface area contributed by atoms with Crippen LogP contribution in [0.1, 0.15) is 35.7 Å². The lowest BCUT2D eigenvalue weighted by atomic mass is 9.99. The third kappa shape index (κ3) is 4.64. The number of methoxy groups -OCH3 is 1. The van der Waals surface area contributed by atoms with Gasteiger partial charge in [-0.25, -0.2) is 4.79 Å². The van der Waals surface area contributed by atoms with Gasteiger partial charge in [0.15, 0.2) is 0 Å². The highest BCUT2D eigenvalue weighted by molar-refractivity contribution is 5.85. The molecular formula is C27H30N4O3. The molecular weight excluding hydrogens is 428 g/mol. The quantitative estimate of drug-likeness (QED) is 0.586. The van der Waals surface area contributed by atoms with E-state index in [4.69, 9.17) is 4.74 Å². The summed E-state index contributed by atoms with van der Waals surface area (Å²) in [7, 11) is 1.65. The summed E-state index contributed by atoms with van der Waals surface area (Å²) in [6.45, 7) is 1.85. The van der Waals surface area contributed by atoms with E-state index >= 15 is 0 Å². The molecule has 1 atom stereocenters. The fourth-order valence-electron chi connectivity index (χ4n) is 4.68. The highest BCUT2D eigenvalue weighted by Crippen LogP contribution is 2.35. The van der Waals surface area contributed by atoms with Crippen molar-refractivity contribution in [2.75, 3.05) is 20.2 Å². The molecule has 2 heterocycles. The molecule has 1 N–H and O–H groups in total. The number of carbonyl (C=O) groups is 2. The third-order valence-electron chi connectivity index (χ3n) is 6.61. The maximum atomic E-state index is 13.7. The van der Waals surface area contributed by atoms with E-state index in [0.29, 0.717) is 13.1 Å².